The zero-order chi connectivity index (χ0) is 14.4. The van der Waals surface area contributed by atoms with E-state index in [0.717, 1.165) is 35.7 Å². The lowest BCUT2D eigenvalue weighted by molar-refractivity contribution is 0.305. The second kappa shape index (κ2) is 7.10. The van der Waals surface area contributed by atoms with Crippen LogP contribution >= 0.6 is 0 Å². The zero-order valence-corrected chi connectivity index (χ0v) is 12.3. The number of aromatic nitrogens is 1. The molecule has 20 heavy (non-hydrogen) atoms. The third-order valence-corrected chi connectivity index (χ3v) is 3.31. The Bertz CT molecular complexity index is 503. The first-order chi connectivity index (χ1) is 9.68. The smallest absolute Gasteiger partial charge is 0.138 e. The first-order valence-electron chi connectivity index (χ1n) is 7.02. The third-order valence-electron chi connectivity index (χ3n) is 3.31. The van der Waals surface area contributed by atoms with E-state index in [1.807, 2.05) is 44.2 Å². The van der Waals surface area contributed by atoms with E-state index in [0.29, 0.717) is 6.61 Å². The highest BCUT2D eigenvalue weighted by molar-refractivity contribution is 5.24. The van der Waals surface area contributed by atoms with Crippen molar-refractivity contribution in [1.29, 1.82) is 0 Å². The van der Waals surface area contributed by atoms with E-state index < -0.39 is 0 Å². The molecule has 1 aromatic heterocycles. The van der Waals surface area contributed by atoms with Gasteiger partial charge in [-0.2, -0.15) is 0 Å². The monoisotopic (exact) mass is 274 g/mol. The first kappa shape index (κ1) is 14.6. The van der Waals surface area contributed by atoms with Crippen LogP contribution in [0.25, 0.3) is 0 Å². The molecule has 0 bridgehead atoms. The van der Waals surface area contributed by atoms with Crippen molar-refractivity contribution in [2.45, 2.75) is 33.2 Å². The van der Waals surface area contributed by atoms with E-state index in [-0.39, 0.29) is 6.04 Å². The Hall–Kier alpha value is -1.81. The summed E-state index contributed by atoms with van der Waals surface area (Å²) in [6, 6.07) is 10.1. The maximum Gasteiger partial charge on any atom is 0.138 e. The number of nitrogens with one attached hydrogen (secondary N) is 1. The lowest BCUT2D eigenvalue weighted by Crippen LogP contribution is -2.22. The molecule has 0 saturated carbocycles. The average Bonchev–Trinajstić information content (AvgIpc) is 2.79. The molecule has 1 aromatic carbocycles. The normalized spacial score (nSPS) is 12.3. The molecule has 0 aliphatic heterocycles. The van der Waals surface area contributed by atoms with E-state index in [1.165, 1.54) is 0 Å². The van der Waals surface area contributed by atoms with Gasteiger partial charge < -0.3 is 14.6 Å². The molecule has 1 unspecified atom stereocenters. The molecule has 4 heteroatoms. The maximum absolute atomic E-state index is 5.66. The van der Waals surface area contributed by atoms with Crippen LogP contribution in [0.5, 0.6) is 5.75 Å². The van der Waals surface area contributed by atoms with E-state index in [1.54, 1.807) is 0 Å². The van der Waals surface area contributed by atoms with Gasteiger partial charge in [-0.1, -0.05) is 23.4 Å². The lowest BCUT2D eigenvalue weighted by Gasteiger charge is -2.13. The number of rotatable bonds is 7. The number of nitrogens with zero attached hydrogens (tertiary/aromatic N) is 1. The summed E-state index contributed by atoms with van der Waals surface area (Å²) in [6.45, 7) is 7.67. The van der Waals surface area contributed by atoms with Gasteiger partial charge in [0, 0.05) is 11.6 Å². The second-order valence-corrected chi connectivity index (χ2v) is 4.93. The molecule has 1 N–H and O–H groups in total. The quantitative estimate of drug-likeness (QED) is 0.786. The Morgan fingerprint density at radius 1 is 1.25 bits per heavy atom. The van der Waals surface area contributed by atoms with Crippen LogP contribution in [0.15, 0.2) is 34.9 Å². The van der Waals surface area contributed by atoms with Gasteiger partial charge in [0.05, 0.1) is 12.3 Å². The number of hydrogen-bond donors (Lipinski definition) is 1. The molecule has 2 aromatic rings. The van der Waals surface area contributed by atoms with E-state index in [9.17, 15) is 0 Å². The number of benzene rings is 1. The molecule has 2 rings (SSSR count). The van der Waals surface area contributed by atoms with Crippen LogP contribution in [0, 0.1) is 13.8 Å². The number of hydrogen-bond acceptors (Lipinski definition) is 4. The van der Waals surface area contributed by atoms with Crippen molar-refractivity contribution < 1.29 is 9.26 Å². The molecule has 0 fully saturated rings. The number of aryl methyl sites for hydroxylation is 2. The number of ether oxygens (including phenoxy) is 1. The minimum absolute atomic E-state index is 0.248. The highest BCUT2D eigenvalue weighted by Crippen LogP contribution is 2.20. The van der Waals surface area contributed by atoms with Gasteiger partial charge in [-0.05, 0) is 45.9 Å². The Morgan fingerprint density at radius 3 is 2.65 bits per heavy atom. The summed E-state index contributed by atoms with van der Waals surface area (Å²) in [6.07, 6.45) is 0.961. The molecule has 0 radical (unpaired) electrons. The van der Waals surface area contributed by atoms with Crippen LogP contribution in [-0.2, 0) is 0 Å². The molecular weight excluding hydrogens is 252 g/mol. The van der Waals surface area contributed by atoms with E-state index in [2.05, 4.69) is 17.4 Å². The fourth-order valence-corrected chi connectivity index (χ4v) is 2.31. The van der Waals surface area contributed by atoms with Crippen molar-refractivity contribution in [3.63, 3.8) is 0 Å². The van der Waals surface area contributed by atoms with Crippen LogP contribution in [0.1, 0.15) is 36.4 Å². The topological polar surface area (TPSA) is 47.3 Å². The van der Waals surface area contributed by atoms with Gasteiger partial charge in [-0.3, -0.25) is 0 Å². The average molecular weight is 274 g/mol. The van der Waals surface area contributed by atoms with Crippen molar-refractivity contribution in [1.82, 2.24) is 10.5 Å². The summed E-state index contributed by atoms with van der Waals surface area (Å²) in [5.74, 6) is 1.81. The predicted octanol–water partition coefficient (Wildman–Crippen LogP) is 3.41. The molecule has 0 spiro atoms. The maximum atomic E-state index is 5.66. The van der Waals surface area contributed by atoms with Gasteiger partial charge in [0.2, 0.25) is 0 Å². The summed E-state index contributed by atoms with van der Waals surface area (Å²) >= 11 is 0. The molecule has 1 heterocycles. The second-order valence-electron chi connectivity index (χ2n) is 4.93. The Labute approximate surface area is 120 Å². The van der Waals surface area contributed by atoms with Crippen LogP contribution in [0.3, 0.4) is 0 Å². The Morgan fingerprint density at radius 2 is 2.00 bits per heavy atom. The number of para-hydroxylation sites is 1. The van der Waals surface area contributed by atoms with E-state index in [4.69, 9.17) is 9.26 Å². The third kappa shape index (κ3) is 3.84. The summed E-state index contributed by atoms with van der Waals surface area (Å²) in [7, 11) is 0. The first-order valence-corrected chi connectivity index (χ1v) is 7.02. The predicted molar refractivity (Wildman–Crippen MR) is 78.9 cm³/mol. The van der Waals surface area contributed by atoms with Gasteiger partial charge in [0.25, 0.3) is 0 Å². The zero-order valence-electron chi connectivity index (χ0n) is 12.3. The minimum Gasteiger partial charge on any atom is -0.494 e. The Kier molecular flexibility index (Phi) is 5.18. The summed E-state index contributed by atoms with van der Waals surface area (Å²) in [4.78, 5) is 0. The van der Waals surface area contributed by atoms with Crippen molar-refractivity contribution in [2.24, 2.45) is 0 Å². The summed E-state index contributed by atoms with van der Waals surface area (Å²) in [5.41, 5.74) is 2.12. The summed E-state index contributed by atoms with van der Waals surface area (Å²) in [5, 5.41) is 7.45. The lowest BCUT2D eigenvalue weighted by atomic mass is 10.1. The van der Waals surface area contributed by atoms with E-state index >= 15 is 0 Å². The van der Waals surface area contributed by atoms with Gasteiger partial charge >= 0.3 is 0 Å². The molecule has 0 saturated heterocycles. The SMILES string of the molecule is Cc1noc(C)c1C(C)NCCCOc1ccccc1. The molecule has 4 nitrogen and oxygen atoms in total. The van der Waals surface area contributed by atoms with Crippen molar-refractivity contribution in [3.05, 3.63) is 47.3 Å². The highest BCUT2D eigenvalue weighted by Gasteiger charge is 2.15. The fourth-order valence-electron chi connectivity index (χ4n) is 2.31. The van der Waals surface area contributed by atoms with Gasteiger partial charge in [0.15, 0.2) is 0 Å². The summed E-state index contributed by atoms with van der Waals surface area (Å²) < 4.78 is 10.8. The van der Waals surface area contributed by atoms with Crippen LogP contribution in [-0.4, -0.2) is 18.3 Å². The molecule has 1 atom stereocenters. The van der Waals surface area contributed by atoms with Gasteiger partial charge in [-0.15, -0.1) is 0 Å². The minimum atomic E-state index is 0.248. The molecule has 108 valence electrons. The largest absolute Gasteiger partial charge is 0.494 e. The van der Waals surface area contributed by atoms with Crippen LogP contribution in [0.2, 0.25) is 0 Å². The van der Waals surface area contributed by atoms with Gasteiger partial charge in [0.1, 0.15) is 11.5 Å². The standard InChI is InChI=1S/C16H22N2O2/c1-12(16-13(2)18-20-14(16)3)17-10-7-11-19-15-8-5-4-6-9-15/h4-6,8-9,12,17H,7,10-11H2,1-3H3. The molecule has 0 aliphatic carbocycles. The van der Waals surface area contributed by atoms with Gasteiger partial charge in [-0.25, -0.2) is 0 Å². The van der Waals surface area contributed by atoms with Crippen molar-refractivity contribution in [3.8, 4) is 5.75 Å². The fraction of sp³-hybridized carbons (Fsp3) is 0.438. The van der Waals surface area contributed by atoms with Crippen LogP contribution < -0.4 is 10.1 Å². The highest BCUT2D eigenvalue weighted by atomic mass is 16.5. The molecule has 0 aliphatic rings. The molecular formula is C16H22N2O2. The van der Waals surface area contributed by atoms with Crippen molar-refractivity contribution >= 4 is 0 Å². The van der Waals surface area contributed by atoms with Crippen LogP contribution in [0.4, 0.5) is 0 Å². The molecule has 0 amide bonds. The van der Waals surface area contributed by atoms with Crippen molar-refractivity contribution in [2.75, 3.05) is 13.2 Å². The Balaban J connectivity index is 1.69.